The van der Waals surface area contributed by atoms with Gasteiger partial charge in [0.1, 0.15) is 5.82 Å². The minimum Gasteiger partial charge on any atom is -0.392 e. The lowest BCUT2D eigenvalue weighted by Crippen LogP contribution is -1.90. The number of rotatable bonds is 4. The maximum absolute atomic E-state index is 13.6. The monoisotopic (exact) mass is 273 g/mol. The van der Waals surface area contributed by atoms with Crippen LogP contribution >= 0.6 is 11.8 Å². The van der Waals surface area contributed by atoms with Crippen LogP contribution in [0, 0.1) is 17.1 Å². The Labute approximate surface area is 115 Å². The number of nitriles is 1. The zero-order chi connectivity index (χ0) is 13.7. The lowest BCUT2D eigenvalue weighted by molar-refractivity contribution is 0.281. The second-order valence-corrected chi connectivity index (χ2v) is 5.06. The standard InChI is InChI=1S/C15H12FNOS/c16-15-5-4-11(8-17)6-13(15)10-19-14-3-1-2-12(7-14)9-18/h1-7,18H,9-10H2. The minimum atomic E-state index is -0.301. The number of hydrogen-bond acceptors (Lipinski definition) is 3. The smallest absolute Gasteiger partial charge is 0.127 e. The number of benzene rings is 2. The molecule has 2 rings (SSSR count). The highest BCUT2D eigenvalue weighted by atomic mass is 32.2. The number of halogens is 1. The van der Waals surface area contributed by atoms with Gasteiger partial charge in [-0.2, -0.15) is 5.26 Å². The summed E-state index contributed by atoms with van der Waals surface area (Å²) in [5.74, 6) is 0.153. The molecule has 0 saturated carbocycles. The summed E-state index contributed by atoms with van der Waals surface area (Å²) in [5, 5.41) is 17.9. The largest absolute Gasteiger partial charge is 0.392 e. The molecule has 0 aliphatic rings. The van der Waals surface area contributed by atoms with Crippen molar-refractivity contribution >= 4 is 11.8 Å². The maximum Gasteiger partial charge on any atom is 0.127 e. The van der Waals surface area contributed by atoms with E-state index in [1.54, 1.807) is 6.07 Å². The molecule has 1 N–H and O–H groups in total. The molecule has 0 radical (unpaired) electrons. The van der Waals surface area contributed by atoms with Gasteiger partial charge in [0.2, 0.25) is 0 Å². The van der Waals surface area contributed by atoms with Crippen molar-refractivity contribution in [2.24, 2.45) is 0 Å². The summed E-state index contributed by atoms with van der Waals surface area (Å²) in [6.45, 7) is -0.00726. The van der Waals surface area contributed by atoms with E-state index in [0.717, 1.165) is 10.5 Å². The van der Waals surface area contributed by atoms with Gasteiger partial charge in [0.25, 0.3) is 0 Å². The second-order valence-electron chi connectivity index (χ2n) is 4.01. The van der Waals surface area contributed by atoms with Crippen LogP contribution in [0.1, 0.15) is 16.7 Å². The van der Waals surface area contributed by atoms with Crippen LogP contribution in [-0.2, 0) is 12.4 Å². The molecule has 2 aromatic rings. The van der Waals surface area contributed by atoms with Crippen LogP contribution in [0.5, 0.6) is 0 Å². The minimum absolute atomic E-state index is 0.00726. The summed E-state index contributed by atoms with van der Waals surface area (Å²) in [5.41, 5.74) is 1.80. The number of hydrogen-bond donors (Lipinski definition) is 1. The van der Waals surface area contributed by atoms with Gasteiger partial charge in [0, 0.05) is 10.6 Å². The highest BCUT2D eigenvalue weighted by Gasteiger charge is 2.05. The molecule has 0 fully saturated rings. The van der Waals surface area contributed by atoms with Crippen molar-refractivity contribution in [3.05, 3.63) is 65.0 Å². The summed E-state index contributed by atoms with van der Waals surface area (Å²) in [7, 11) is 0. The van der Waals surface area contributed by atoms with Crippen LogP contribution in [0.3, 0.4) is 0 Å². The van der Waals surface area contributed by atoms with Crippen LogP contribution in [0.15, 0.2) is 47.4 Å². The van der Waals surface area contributed by atoms with Gasteiger partial charge in [-0.15, -0.1) is 11.8 Å². The molecular formula is C15H12FNOS. The lowest BCUT2D eigenvalue weighted by atomic mass is 10.1. The Morgan fingerprint density at radius 2 is 2.05 bits per heavy atom. The quantitative estimate of drug-likeness (QED) is 0.867. The van der Waals surface area contributed by atoms with E-state index in [4.69, 9.17) is 10.4 Å². The fourth-order valence-electron chi connectivity index (χ4n) is 1.65. The molecule has 0 spiro atoms. The van der Waals surface area contributed by atoms with Crippen LogP contribution in [-0.4, -0.2) is 5.11 Å². The molecule has 0 aliphatic heterocycles. The second kappa shape index (κ2) is 6.37. The highest BCUT2D eigenvalue weighted by Crippen LogP contribution is 2.25. The van der Waals surface area contributed by atoms with E-state index in [1.807, 2.05) is 30.3 Å². The number of nitrogens with zero attached hydrogens (tertiary/aromatic N) is 1. The highest BCUT2D eigenvalue weighted by molar-refractivity contribution is 7.98. The predicted molar refractivity (Wildman–Crippen MR) is 73.0 cm³/mol. The third-order valence-corrected chi connectivity index (χ3v) is 3.69. The number of aliphatic hydroxyl groups excluding tert-OH is 1. The van der Waals surface area contributed by atoms with Gasteiger partial charge >= 0.3 is 0 Å². The normalized spacial score (nSPS) is 10.2. The first-order valence-corrected chi connectivity index (χ1v) is 6.72. The summed E-state index contributed by atoms with van der Waals surface area (Å²) in [4.78, 5) is 0.966. The molecule has 0 heterocycles. The van der Waals surface area contributed by atoms with Gasteiger partial charge in [-0.1, -0.05) is 12.1 Å². The predicted octanol–water partition coefficient (Wildman–Crippen LogP) is 3.48. The van der Waals surface area contributed by atoms with Gasteiger partial charge in [-0.3, -0.25) is 0 Å². The molecule has 4 heteroatoms. The van der Waals surface area contributed by atoms with Crippen LogP contribution in [0.2, 0.25) is 0 Å². The Hall–Kier alpha value is -1.83. The Morgan fingerprint density at radius 1 is 1.21 bits per heavy atom. The van der Waals surface area contributed by atoms with E-state index >= 15 is 0 Å². The van der Waals surface area contributed by atoms with Crippen molar-refractivity contribution in [1.82, 2.24) is 0 Å². The molecule has 0 saturated heterocycles. The molecule has 0 bridgehead atoms. The molecule has 96 valence electrons. The Bertz CT molecular complexity index is 622. The molecule has 2 nitrogen and oxygen atoms in total. The molecule has 19 heavy (non-hydrogen) atoms. The van der Waals surface area contributed by atoms with Crippen LogP contribution in [0.4, 0.5) is 4.39 Å². The number of thioether (sulfide) groups is 1. The van der Waals surface area contributed by atoms with E-state index < -0.39 is 0 Å². The fraction of sp³-hybridized carbons (Fsp3) is 0.133. The van der Waals surface area contributed by atoms with Crippen molar-refractivity contribution in [2.45, 2.75) is 17.3 Å². The molecule has 0 unspecified atom stereocenters. The Balaban J connectivity index is 2.12. The molecular weight excluding hydrogens is 261 g/mol. The third kappa shape index (κ3) is 3.57. The van der Waals surface area contributed by atoms with Crippen molar-refractivity contribution in [3.8, 4) is 6.07 Å². The van der Waals surface area contributed by atoms with E-state index in [2.05, 4.69) is 0 Å². The summed E-state index contributed by atoms with van der Waals surface area (Å²) < 4.78 is 13.6. The van der Waals surface area contributed by atoms with E-state index in [-0.39, 0.29) is 12.4 Å². The topological polar surface area (TPSA) is 44.0 Å². The lowest BCUT2D eigenvalue weighted by Gasteiger charge is -2.05. The van der Waals surface area contributed by atoms with Gasteiger partial charge in [0.15, 0.2) is 0 Å². The van der Waals surface area contributed by atoms with Crippen molar-refractivity contribution in [1.29, 1.82) is 5.26 Å². The first-order valence-electron chi connectivity index (χ1n) is 5.74. The molecule has 0 aromatic heterocycles. The SMILES string of the molecule is N#Cc1ccc(F)c(CSc2cccc(CO)c2)c1. The van der Waals surface area contributed by atoms with Gasteiger partial charge < -0.3 is 5.11 Å². The molecule has 0 aliphatic carbocycles. The van der Waals surface area contributed by atoms with Gasteiger partial charge in [-0.25, -0.2) is 4.39 Å². The van der Waals surface area contributed by atoms with E-state index in [1.165, 1.54) is 23.9 Å². The molecule has 0 atom stereocenters. The van der Waals surface area contributed by atoms with Crippen LogP contribution < -0.4 is 0 Å². The van der Waals surface area contributed by atoms with Crippen molar-refractivity contribution < 1.29 is 9.50 Å². The third-order valence-electron chi connectivity index (χ3n) is 2.65. The average molecular weight is 273 g/mol. The van der Waals surface area contributed by atoms with E-state index in [9.17, 15) is 4.39 Å². The molecule has 0 amide bonds. The average Bonchev–Trinajstić information content (AvgIpc) is 2.46. The Morgan fingerprint density at radius 3 is 2.79 bits per heavy atom. The zero-order valence-electron chi connectivity index (χ0n) is 10.1. The maximum atomic E-state index is 13.6. The van der Waals surface area contributed by atoms with Gasteiger partial charge in [-0.05, 0) is 41.5 Å². The van der Waals surface area contributed by atoms with Crippen molar-refractivity contribution in [3.63, 3.8) is 0 Å². The number of aliphatic hydroxyl groups is 1. The van der Waals surface area contributed by atoms with Crippen molar-refractivity contribution in [2.75, 3.05) is 0 Å². The van der Waals surface area contributed by atoms with Gasteiger partial charge in [0.05, 0.1) is 18.2 Å². The summed E-state index contributed by atoms with van der Waals surface area (Å²) in [6, 6.07) is 13.8. The van der Waals surface area contributed by atoms with Crippen LogP contribution in [0.25, 0.3) is 0 Å². The summed E-state index contributed by atoms with van der Waals surface area (Å²) in [6.07, 6.45) is 0. The summed E-state index contributed by atoms with van der Waals surface area (Å²) >= 11 is 1.48. The first-order chi connectivity index (χ1) is 9.22. The zero-order valence-corrected chi connectivity index (χ0v) is 11.0. The molecule has 2 aromatic carbocycles. The first kappa shape index (κ1) is 13.6. The fourth-order valence-corrected chi connectivity index (χ4v) is 2.60. The van der Waals surface area contributed by atoms with E-state index in [0.29, 0.717) is 16.9 Å². The Kier molecular flexibility index (Phi) is 4.56.